The second kappa shape index (κ2) is 7.26. The maximum Gasteiger partial charge on any atom is 0.335 e. The summed E-state index contributed by atoms with van der Waals surface area (Å²) in [6.45, 7) is 2.82. The van der Waals surface area contributed by atoms with Crippen molar-refractivity contribution in [2.75, 3.05) is 0 Å². The van der Waals surface area contributed by atoms with Crippen LogP contribution in [0.2, 0.25) is 0 Å². The smallest absolute Gasteiger partial charge is 0.335 e. The highest BCUT2D eigenvalue weighted by Crippen LogP contribution is 2.04. The van der Waals surface area contributed by atoms with Gasteiger partial charge in [0.05, 0.1) is 5.56 Å². The molecule has 0 aliphatic heterocycles. The van der Waals surface area contributed by atoms with Crippen molar-refractivity contribution in [3.05, 3.63) is 70.8 Å². The van der Waals surface area contributed by atoms with Crippen molar-refractivity contribution in [3.8, 4) is 0 Å². The fraction of sp³-hybridized carbons (Fsp3) is 0.176. The predicted octanol–water partition coefficient (Wildman–Crippen LogP) is 2.69. The van der Waals surface area contributed by atoms with Gasteiger partial charge in [-0.3, -0.25) is 0 Å². The normalized spacial score (nSPS) is 10.0. The van der Waals surface area contributed by atoms with Crippen LogP contribution >= 0.6 is 0 Å². The minimum atomic E-state index is -0.963. The summed E-state index contributed by atoms with van der Waals surface area (Å²) in [5.41, 5.74) is 3.28. The van der Waals surface area contributed by atoms with Crippen molar-refractivity contribution >= 4 is 12.0 Å². The molecule has 2 aromatic carbocycles. The van der Waals surface area contributed by atoms with Gasteiger partial charge < -0.3 is 15.7 Å². The van der Waals surface area contributed by atoms with Gasteiger partial charge in [-0.2, -0.15) is 0 Å². The lowest BCUT2D eigenvalue weighted by molar-refractivity contribution is 0.0697. The Hall–Kier alpha value is -2.82. The number of carbonyl (C=O) groups is 2. The van der Waals surface area contributed by atoms with Crippen LogP contribution in [0.4, 0.5) is 4.79 Å². The zero-order chi connectivity index (χ0) is 15.9. The third kappa shape index (κ3) is 4.63. The minimum absolute atomic E-state index is 0.229. The van der Waals surface area contributed by atoms with Crippen LogP contribution in [0.1, 0.15) is 27.0 Å². The molecule has 0 radical (unpaired) electrons. The number of nitrogens with one attached hydrogen (secondary N) is 2. The average Bonchev–Trinajstić information content (AvgIpc) is 2.52. The molecule has 0 unspecified atom stereocenters. The van der Waals surface area contributed by atoms with Crippen LogP contribution in [0.3, 0.4) is 0 Å². The molecule has 0 spiro atoms. The summed E-state index contributed by atoms with van der Waals surface area (Å²) in [5.74, 6) is -0.963. The second-order valence-corrected chi connectivity index (χ2v) is 5.02. The standard InChI is InChI=1S/C17H18N2O3/c1-12-2-4-13(5-3-12)10-18-17(22)19-11-14-6-8-15(9-7-14)16(20)21/h2-9H,10-11H2,1H3,(H,20,21)(H2,18,19,22). The maximum absolute atomic E-state index is 11.7. The van der Waals surface area contributed by atoms with Crippen LogP contribution in [0, 0.1) is 6.92 Å². The van der Waals surface area contributed by atoms with Crippen molar-refractivity contribution in [2.45, 2.75) is 20.0 Å². The Balaban J connectivity index is 1.77. The number of aromatic carboxylic acids is 1. The summed E-state index contributed by atoms with van der Waals surface area (Å²) in [6, 6.07) is 14.1. The molecule has 0 aliphatic carbocycles. The van der Waals surface area contributed by atoms with E-state index in [1.807, 2.05) is 31.2 Å². The van der Waals surface area contributed by atoms with E-state index in [0.717, 1.165) is 11.1 Å². The summed E-state index contributed by atoms with van der Waals surface area (Å²) < 4.78 is 0. The Labute approximate surface area is 129 Å². The van der Waals surface area contributed by atoms with Gasteiger partial charge in [-0.1, -0.05) is 42.0 Å². The van der Waals surface area contributed by atoms with Gasteiger partial charge in [0.2, 0.25) is 0 Å². The minimum Gasteiger partial charge on any atom is -0.478 e. The van der Waals surface area contributed by atoms with E-state index >= 15 is 0 Å². The lowest BCUT2D eigenvalue weighted by Crippen LogP contribution is -2.34. The molecular formula is C17H18N2O3. The third-order valence-electron chi connectivity index (χ3n) is 3.23. The summed E-state index contributed by atoms with van der Waals surface area (Å²) in [7, 11) is 0. The van der Waals surface area contributed by atoms with Crippen molar-refractivity contribution in [3.63, 3.8) is 0 Å². The zero-order valence-electron chi connectivity index (χ0n) is 12.3. The second-order valence-electron chi connectivity index (χ2n) is 5.02. The molecular weight excluding hydrogens is 280 g/mol. The maximum atomic E-state index is 11.7. The molecule has 0 bridgehead atoms. The number of hydrogen-bond acceptors (Lipinski definition) is 2. The van der Waals surface area contributed by atoms with Gasteiger partial charge in [-0.05, 0) is 30.2 Å². The largest absolute Gasteiger partial charge is 0.478 e. The van der Waals surface area contributed by atoms with E-state index in [1.54, 1.807) is 12.1 Å². The van der Waals surface area contributed by atoms with Gasteiger partial charge in [0, 0.05) is 13.1 Å². The molecule has 0 aromatic heterocycles. The first-order valence-electron chi connectivity index (χ1n) is 6.94. The van der Waals surface area contributed by atoms with E-state index < -0.39 is 5.97 Å². The fourth-order valence-corrected chi connectivity index (χ4v) is 1.90. The summed E-state index contributed by atoms with van der Waals surface area (Å²) in [6.07, 6.45) is 0. The van der Waals surface area contributed by atoms with E-state index in [9.17, 15) is 9.59 Å². The first-order chi connectivity index (χ1) is 10.5. The summed E-state index contributed by atoms with van der Waals surface area (Å²) >= 11 is 0. The van der Waals surface area contributed by atoms with Crippen LogP contribution in [-0.4, -0.2) is 17.1 Å². The first kappa shape index (κ1) is 15.6. The highest BCUT2D eigenvalue weighted by molar-refractivity contribution is 5.87. The Morgan fingerprint density at radius 3 is 1.77 bits per heavy atom. The molecule has 0 atom stereocenters. The molecule has 0 saturated heterocycles. The predicted molar refractivity (Wildman–Crippen MR) is 83.7 cm³/mol. The molecule has 3 N–H and O–H groups in total. The van der Waals surface area contributed by atoms with Crippen molar-refractivity contribution in [1.29, 1.82) is 0 Å². The highest BCUT2D eigenvalue weighted by atomic mass is 16.4. The lowest BCUT2D eigenvalue weighted by atomic mass is 10.1. The van der Waals surface area contributed by atoms with Gasteiger partial charge in [0.15, 0.2) is 0 Å². The van der Waals surface area contributed by atoms with Crippen LogP contribution in [0.5, 0.6) is 0 Å². The Kier molecular flexibility index (Phi) is 5.14. The molecule has 0 fully saturated rings. The van der Waals surface area contributed by atoms with Gasteiger partial charge in [0.1, 0.15) is 0 Å². The molecule has 114 valence electrons. The molecule has 2 rings (SSSR count). The van der Waals surface area contributed by atoms with Gasteiger partial charge in [0.25, 0.3) is 0 Å². The molecule has 0 aliphatic rings. The van der Waals surface area contributed by atoms with Crippen molar-refractivity contribution in [1.82, 2.24) is 10.6 Å². The molecule has 22 heavy (non-hydrogen) atoms. The van der Waals surface area contributed by atoms with E-state index in [0.29, 0.717) is 13.1 Å². The Morgan fingerprint density at radius 1 is 0.864 bits per heavy atom. The quantitative estimate of drug-likeness (QED) is 0.794. The fourth-order valence-electron chi connectivity index (χ4n) is 1.90. The van der Waals surface area contributed by atoms with E-state index in [4.69, 9.17) is 5.11 Å². The van der Waals surface area contributed by atoms with Crippen LogP contribution < -0.4 is 10.6 Å². The molecule has 5 nitrogen and oxygen atoms in total. The first-order valence-corrected chi connectivity index (χ1v) is 6.94. The topological polar surface area (TPSA) is 78.4 Å². The van der Waals surface area contributed by atoms with Crippen LogP contribution in [0.15, 0.2) is 48.5 Å². The van der Waals surface area contributed by atoms with E-state index in [-0.39, 0.29) is 11.6 Å². The number of rotatable bonds is 5. The number of carbonyl (C=O) groups excluding carboxylic acids is 1. The number of carboxylic acids is 1. The number of carboxylic acid groups (broad SMARTS) is 1. The molecule has 2 aromatic rings. The SMILES string of the molecule is Cc1ccc(CNC(=O)NCc2ccc(C(=O)O)cc2)cc1. The highest BCUT2D eigenvalue weighted by Gasteiger charge is 2.03. The summed E-state index contributed by atoms with van der Waals surface area (Å²) in [4.78, 5) is 22.5. The Bertz CT molecular complexity index is 649. The van der Waals surface area contributed by atoms with Gasteiger partial charge in [-0.25, -0.2) is 9.59 Å². The number of hydrogen-bond donors (Lipinski definition) is 3. The third-order valence-corrected chi connectivity index (χ3v) is 3.23. The van der Waals surface area contributed by atoms with E-state index in [1.165, 1.54) is 17.7 Å². The number of aryl methyl sites for hydroxylation is 1. The van der Waals surface area contributed by atoms with Crippen LogP contribution in [-0.2, 0) is 13.1 Å². The monoisotopic (exact) mass is 298 g/mol. The molecule has 5 heteroatoms. The number of benzene rings is 2. The lowest BCUT2D eigenvalue weighted by Gasteiger charge is -2.08. The zero-order valence-corrected chi connectivity index (χ0v) is 12.3. The van der Waals surface area contributed by atoms with Gasteiger partial charge >= 0.3 is 12.0 Å². The number of urea groups is 1. The summed E-state index contributed by atoms with van der Waals surface area (Å²) in [5, 5.41) is 14.3. The van der Waals surface area contributed by atoms with Crippen molar-refractivity contribution in [2.24, 2.45) is 0 Å². The molecule has 0 saturated carbocycles. The van der Waals surface area contributed by atoms with Crippen LogP contribution in [0.25, 0.3) is 0 Å². The molecule has 2 amide bonds. The van der Waals surface area contributed by atoms with E-state index in [2.05, 4.69) is 10.6 Å². The Morgan fingerprint density at radius 2 is 1.32 bits per heavy atom. The van der Waals surface area contributed by atoms with Gasteiger partial charge in [-0.15, -0.1) is 0 Å². The number of amides is 2. The van der Waals surface area contributed by atoms with Crippen molar-refractivity contribution < 1.29 is 14.7 Å². The molecule has 0 heterocycles. The average molecular weight is 298 g/mol.